The monoisotopic (exact) mass is 337 g/mol. The van der Waals surface area contributed by atoms with Crippen molar-refractivity contribution in [3.05, 3.63) is 15.9 Å². The van der Waals surface area contributed by atoms with Crippen LogP contribution < -0.4 is 4.72 Å². The Morgan fingerprint density at radius 1 is 1.35 bits per heavy atom. The molecule has 1 heterocycles. The van der Waals surface area contributed by atoms with Crippen molar-refractivity contribution in [2.24, 2.45) is 0 Å². The van der Waals surface area contributed by atoms with E-state index in [0.717, 1.165) is 0 Å². The average molecular weight is 338 g/mol. The summed E-state index contributed by atoms with van der Waals surface area (Å²) in [7, 11) is -3.45. The van der Waals surface area contributed by atoms with Gasteiger partial charge in [-0.3, -0.25) is 4.79 Å². The smallest absolute Gasteiger partial charge is 0.251 e. The zero-order valence-electron chi connectivity index (χ0n) is 8.98. The summed E-state index contributed by atoms with van der Waals surface area (Å²) in [4.78, 5) is 11.1. The van der Waals surface area contributed by atoms with E-state index in [4.69, 9.17) is 0 Å². The maximum Gasteiger partial charge on any atom is 0.251 e. The Hall–Kier alpha value is -0.240. The van der Waals surface area contributed by atoms with Crippen LogP contribution in [-0.4, -0.2) is 20.2 Å². The van der Waals surface area contributed by atoms with Crippen molar-refractivity contribution < 1.29 is 13.2 Å². The number of carbonyl (C=O) groups excluding carboxylic acids is 1. The lowest BCUT2D eigenvalue weighted by atomic mass is 9.95. The molecule has 1 saturated carbocycles. The van der Waals surface area contributed by atoms with Gasteiger partial charge in [0.2, 0.25) is 0 Å². The molecular formula is C10H12BrNO3S2. The fourth-order valence-electron chi connectivity index (χ4n) is 1.80. The molecule has 0 radical (unpaired) electrons. The largest absolute Gasteiger partial charge is 0.300 e. The first kappa shape index (κ1) is 13.2. The van der Waals surface area contributed by atoms with Gasteiger partial charge in [0.25, 0.3) is 10.0 Å². The highest BCUT2D eigenvalue weighted by Crippen LogP contribution is 2.28. The molecule has 0 atom stereocenters. The standard InChI is InChI=1S/C10H12BrNO3S2/c11-9-5-6-16-10(9)17(14,15)12-7-1-3-8(13)4-2-7/h5-7,12H,1-4H2. The van der Waals surface area contributed by atoms with E-state index in [9.17, 15) is 13.2 Å². The highest BCUT2D eigenvalue weighted by molar-refractivity contribution is 9.10. The molecule has 1 aromatic rings. The number of hydrogen-bond acceptors (Lipinski definition) is 4. The molecule has 94 valence electrons. The summed E-state index contributed by atoms with van der Waals surface area (Å²) in [5, 5.41) is 1.73. The van der Waals surface area contributed by atoms with E-state index in [1.165, 1.54) is 11.3 Å². The summed E-state index contributed by atoms with van der Waals surface area (Å²) in [6, 6.07) is 1.59. The average Bonchev–Trinajstić information content (AvgIpc) is 2.68. The molecule has 0 spiro atoms. The van der Waals surface area contributed by atoms with Gasteiger partial charge in [0.05, 0.1) is 0 Å². The zero-order valence-corrected chi connectivity index (χ0v) is 12.2. The summed E-state index contributed by atoms with van der Waals surface area (Å²) in [6.45, 7) is 0. The van der Waals surface area contributed by atoms with E-state index in [2.05, 4.69) is 20.7 Å². The van der Waals surface area contributed by atoms with Crippen molar-refractivity contribution in [3.63, 3.8) is 0 Å². The zero-order chi connectivity index (χ0) is 12.5. The minimum Gasteiger partial charge on any atom is -0.300 e. The van der Waals surface area contributed by atoms with Gasteiger partial charge >= 0.3 is 0 Å². The maximum absolute atomic E-state index is 12.0. The van der Waals surface area contributed by atoms with Crippen molar-refractivity contribution in [3.8, 4) is 0 Å². The molecule has 1 fully saturated rings. The number of halogens is 1. The van der Waals surface area contributed by atoms with Crippen molar-refractivity contribution in [2.75, 3.05) is 0 Å². The molecule has 1 aliphatic rings. The second-order valence-corrected chi connectivity index (χ2v) is 7.67. The molecule has 1 aliphatic carbocycles. The summed E-state index contributed by atoms with van der Waals surface area (Å²) in [6.07, 6.45) is 2.14. The van der Waals surface area contributed by atoms with E-state index < -0.39 is 10.0 Å². The number of rotatable bonds is 3. The van der Waals surface area contributed by atoms with Crippen molar-refractivity contribution in [1.29, 1.82) is 0 Å². The first-order valence-corrected chi connectivity index (χ1v) is 8.41. The second-order valence-electron chi connectivity index (χ2n) is 3.99. The van der Waals surface area contributed by atoms with E-state index in [1.54, 1.807) is 11.4 Å². The van der Waals surface area contributed by atoms with Gasteiger partial charge in [0.1, 0.15) is 9.99 Å². The Bertz CT molecular complexity index is 513. The van der Waals surface area contributed by atoms with E-state index in [0.29, 0.717) is 34.4 Å². The number of ketones is 1. The van der Waals surface area contributed by atoms with Crippen LogP contribution in [0.1, 0.15) is 25.7 Å². The third kappa shape index (κ3) is 3.15. The van der Waals surface area contributed by atoms with Crippen LogP contribution in [0.2, 0.25) is 0 Å². The van der Waals surface area contributed by atoms with Gasteiger partial charge in [-0.25, -0.2) is 13.1 Å². The van der Waals surface area contributed by atoms with Crippen LogP contribution in [0, 0.1) is 0 Å². The van der Waals surface area contributed by atoms with E-state index in [-0.39, 0.29) is 11.8 Å². The first-order chi connectivity index (χ1) is 7.99. The Labute approximate surface area is 113 Å². The van der Waals surface area contributed by atoms with E-state index in [1.807, 2.05) is 0 Å². The number of carbonyl (C=O) groups is 1. The van der Waals surface area contributed by atoms with Gasteiger partial charge in [0, 0.05) is 23.4 Å². The third-order valence-electron chi connectivity index (χ3n) is 2.69. The van der Waals surface area contributed by atoms with Crippen molar-refractivity contribution in [2.45, 2.75) is 35.9 Å². The lowest BCUT2D eigenvalue weighted by molar-refractivity contribution is -0.120. The molecule has 0 aromatic carbocycles. The Kier molecular flexibility index (Phi) is 4.02. The first-order valence-electron chi connectivity index (χ1n) is 5.26. The van der Waals surface area contributed by atoms with E-state index >= 15 is 0 Å². The van der Waals surface area contributed by atoms with Crippen molar-refractivity contribution in [1.82, 2.24) is 4.72 Å². The topological polar surface area (TPSA) is 63.2 Å². The van der Waals surface area contributed by atoms with Gasteiger partial charge in [0.15, 0.2) is 0 Å². The molecule has 0 bridgehead atoms. The molecular weight excluding hydrogens is 326 g/mol. The summed E-state index contributed by atoms with van der Waals surface area (Å²) >= 11 is 4.39. The summed E-state index contributed by atoms with van der Waals surface area (Å²) < 4.78 is 27.6. The molecule has 1 aromatic heterocycles. The van der Waals surface area contributed by atoms with Crippen LogP contribution in [0.15, 0.2) is 20.1 Å². The van der Waals surface area contributed by atoms with Crippen LogP contribution in [0.4, 0.5) is 0 Å². The maximum atomic E-state index is 12.0. The summed E-state index contributed by atoms with van der Waals surface area (Å²) in [5.41, 5.74) is 0. The van der Waals surface area contributed by atoms with Crippen LogP contribution >= 0.6 is 27.3 Å². The molecule has 0 aliphatic heterocycles. The van der Waals surface area contributed by atoms with Crippen LogP contribution in [0.25, 0.3) is 0 Å². The van der Waals surface area contributed by atoms with Gasteiger partial charge in [-0.1, -0.05) is 0 Å². The SMILES string of the molecule is O=C1CCC(NS(=O)(=O)c2sccc2Br)CC1. The highest BCUT2D eigenvalue weighted by atomic mass is 79.9. The molecule has 7 heteroatoms. The predicted octanol–water partition coefficient (Wildman–Crippen LogP) is 2.30. The number of Topliss-reactive ketones (excluding diaryl/α,β-unsaturated/α-hetero) is 1. The summed E-state index contributed by atoms with van der Waals surface area (Å²) in [5.74, 6) is 0.220. The van der Waals surface area contributed by atoms with Gasteiger partial charge in [-0.05, 0) is 40.2 Å². The van der Waals surface area contributed by atoms with Gasteiger partial charge in [-0.15, -0.1) is 11.3 Å². The molecule has 0 unspecified atom stereocenters. The Morgan fingerprint density at radius 2 is 2.00 bits per heavy atom. The number of thiophene rings is 1. The number of sulfonamides is 1. The minimum absolute atomic E-state index is 0.119. The molecule has 4 nitrogen and oxygen atoms in total. The van der Waals surface area contributed by atoms with Crippen LogP contribution in [0.5, 0.6) is 0 Å². The lowest BCUT2D eigenvalue weighted by Crippen LogP contribution is -2.37. The van der Waals surface area contributed by atoms with Gasteiger partial charge < -0.3 is 0 Å². The quantitative estimate of drug-likeness (QED) is 0.920. The van der Waals surface area contributed by atoms with Crippen LogP contribution in [0.3, 0.4) is 0 Å². The fourth-order valence-corrected chi connectivity index (χ4v) is 5.46. The number of hydrogen-bond donors (Lipinski definition) is 1. The Balaban J connectivity index is 2.08. The molecule has 1 N–H and O–H groups in total. The minimum atomic E-state index is -3.45. The third-order valence-corrected chi connectivity index (χ3v) is 6.88. The van der Waals surface area contributed by atoms with Gasteiger partial charge in [-0.2, -0.15) is 0 Å². The van der Waals surface area contributed by atoms with Crippen LogP contribution in [-0.2, 0) is 14.8 Å². The molecule has 2 rings (SSSR count). The molecule has 17 heavy (non-hydrogen) atoms. The Morgan fingerprint density at radius 3 is 2.53 bits per heavy atom. The molecule has 0 saturated heterocycles. The predicted molar refractivity (Wildman–Crippen MR) is 69.6 cm³/mol. The fraction of sp³-hybridized carbons (Fsp3) is 0.500. The van der Waals surface area contributed by atoms with Crippen molar-refractivity contribution >= 4 is 43.1 Å². The number of nitrogens with one attached hydrogen (secondary N) is 1. The highest BCUT2D eigenvalue weighted by Gasteiger charge is 2.26. The lowest BCUT2D eigenvalue weighted by Gasteiger charge is -2.21. The molecule has 0 amide bonds. The second kappa shape index (κ2) is 5.17. The normalized spacial score (nSPS) is 18.5.